The summed E-state index contributed by atoms with van der Waals surface area (Å²) in [5, 5.41) is 13.7. The largest absolute Gasteiger partial charge is 0.492 e. The van der Waals surface area contributed by atoms with E-state index >= 15 is 0 Å². The lowest BCUT2D eigenvalue weighted by Gasteiger charge is -2.12. The second-order valence-corrected chi connectivity index (χ2v) is 3.91. The van der Waals surface area contributed by atoms with E-state index in [0.717, 1.165) is 0 Å². The number of rotatable bonds is 8. The summed E-state index contributed by atoms with van der Waals surface area (Å²) in [6.07, 6.45) is 0. The molecule has 1 N–H and O–H groups in total. The van der Waals surface area contributed by atoms with Crippen LogP contribution >= 0.6 is 0 Å². The summed E-state index contributed by atoms with van der Waals surface area (Å²) in [5.41, 5.74) is 0.0641. The number of nitrogens with one attached hydrogen (secondary N) is 1. The van der Waals surface area contributed by atoms with Crippen LogP contribution in [0, 0.1) is 10.1 Å². The molecule has 1 atom stereocenters. The molecule has 0 saturated heterocycles. The summed E-state index contributed by atoms with van der Waals surface area (Å²) in [7, 11) is 1.66. The molecule has 0 amide bonds. The molecule has 18 heavy (non-hydrogen) atoms. The third-order valence-corrected chi connectivity index (χ3v) is 2.33. The summed E-state index contributed by atoms with van der Waals surface area (Å²) >= 11 is 0. The predicted molar refractivity (Wildman–Crippen MR) is 67.9 cm³/mol. The average Bonchev–Trinajstić information content (AvgIpc) is 2.35. The van der Waals surface area contributed by atoms with E-state index in [9.17, 15) is 10.1 Å². The molecule has 1 unspecified atom stereocenters. The van der Waals surface area contributed by atoms with E-state index < -0.39 is 4.92 Å². The topological polar surface area (TPSA) is 73.6 Å². The highest BCUT2D eigenvalue weighted by molar-refractivity contribution is 5.35. The first kappa shape index (κ1) is 14.4. The highest BCUT2D eigenvalue weighted by Gasteiger charge is 2.04. The van der Waals surface area contributed by atoms with Crippen LogP contribution in [0.25, 0.3) is 0 Å². The van der Waals surface area contributed by atoms with Gasteiger partial charge in [0.1, 0.15) is 12.4 Å². The Hall–Kier alpha value is -1.66. The van der Waals surface area contributed by atoms with Crippen molar-refractivity contribution in [3.05, 3.63) is 34.4 Å². The van der Waals surface area contributed by atoms with Gasteiger partial charge in [-0.1, -0.05) is 0 Å². The summed E-state index contributed by atoms with van der Waals surface area (Å²) in [5.74, 6) is 0.627. The first-order valence-electron chi connectivity index (χ1n) is 5.73. The van der Waals surface area contributed by atoms with Gasteiger partial charge in [-0.3, -0.25) is 10.1 Å². The van der Waals surface area contributed by atoms with Gasteiger partial charge in [-0.25, -0.2) is 0 Å². The number of nitro groups is 1. The molecule has 0 heterocycles. The fourth-order valence-corrected chi connectivity index (χ4v) is 1.45. The number of nitrogens with zero attached hydrogens (tertiary/aromatic N) is 1. The minimum absolute atomic E-state index is 0.0641. The van der Waals surface area contributed by atoms with Gasteiger partial charge in [-0.2, -0.15) is 0 Å². The zero-order valence-electron chi connectivity index (χ0n) is 10.6. The van der Waals surface area contributed by atoms with Gasteiger partial charge < -0.3 is 14.8 Å². The lowest BCUT2D eigenvalue weighted by molar-refractivity contribution is -0.384. The number of hydrogen-bond donors (Lipinski definition) is 1. The van der Waals surface area contributed by atoms with Gasteiger partial charge in [-0.05, 0) is 19.1 Å². The Kier molecular flexibility index (Phi) is 6.10. The molecule has 100 valence electrons. The molecule has 6 nitrogen and oxygen atoms in total. The molecular weight excluding hydrogens is 236 g/mol. The first-order valence-corrected chi connectivity index (χ1v) is 5.73. The lowest BCUT2D eigenvalue weighted by atomic mass is 10.3. The summed E-state index contributed by atoms with van der Waals surface area (Å²) in [4.78, 5) is 10.0. The summed E-state index contributed by atoms with van der Waals surface area (Å²) in [6.45, 7) is 3.88. The lowest BCUT2D eigenvalue weighted by Crippen LogP contribution is -2.33. The Bertz CT molecular complexity index is 367. The number of benzene rings is 1. The fraction of sp³-hybridized carbons (Fsp3) is 0.500. The van der Waals surface area contributed by atoms with Crippen LogP contribution in [0.5, 0.6) is 5.75 Å². The molecule has 0 saturated carbocycles. The molecule has 0 aliphatic rings. The Morgan fingerprint density at radius 2 is 2.06 bits per heavy atom. The average molecular weight is 254 g/mol. The van der Waals surface area contributed by atoms with Gasteiger partial charge >= 0.3 is 0 Å². The van der Waals surface area contributed by atoms with E-state index in [1.54, 1.807) is 19.2 Å². The van der Waals surface area contributed by atoms with E-state index in [0.29, 0.717) is 25.5 Å². The van der Waals surface area contributed by atoms with Crippen molar-refractivity contribution in [2.24, 2.45) is 0 Å². The molecule has 0 aliphatic carbocycles. The Morgan fingerprint density at radius 3 is 2.61 bits per heavy atom. The van der Waals surface area contributed by atoms with Gasteiger partial charge in [0.2, 0.25) is 0 Å². The third kappa shape index (κ3) is 5.11. The summed E-state index contributed by atoms with van der Waals surface area (Å²) < 4.78 is 10.4. The SMILES string of the molecule is COCC(C)NCCOc1ccc([N+](=O)[O-])cc1. The van der Waals surface area contributed by atoms with Gasteiger partial charge in [0.25, 0.3) is 5.69 Å². The van der Waals surface area contributed by atoms with Crippen molar-refractivity contribution in [1.82, 2.24) is 5.32 Å². The zero-order valence-corrected chi connectivity index (χ0v) is 10.6. The molecule has 0 spiro atoms. The second-order valence-electron chi connectivity index (χ2n) is 3.91. The number of methoxy groups -OCH3 is 1. The molecule has 0 fully saturated rings. The normalized spacial score (nSPS) is 12.1. The summed E-state index contributed by atoms with van der Waals surface area (Å²) in [6, 6.07) is 6.32. The fourth-order valence-electron chi connectivity index (χ4n) is 1.45. The van der Waals surface area contributed by atoms with Crippen molar-refractivity contribution in [3.63, 3.8) is 0 Å². The van der Waals surface area contributed by atoms with Crippen LogP contribution in [-0.4, -0.2) is 37.8 Å². The van der Waals surface area contributed by atoms with Crippen molar-refractivity contribution >= 4 is 5.69 Å². The Labute approximate surface area is 106 Å². The molecule has 0 aromatic heterocycles. The number of nitro benzene ring substituents is 1. The van der Waals surface area contributed by atoms with Crippen LogP contribution in [0.1, 0.15) is 6.92 Å². The van der Waals surface area contributed by atoms with Crippen LogP contribution in [0.3, 0.4) is 0 Å². The smallest absolute Gasteiger partial charge is 0.269 e. The Balaban J connectivity index is 2.25. The standard InChI is InChI=1S/C12H18N2O4/c1-10(9-17-2)13-7-8-18-12-5-3-11(4-6-12)14(15)16/h3-6,10,13H,7-9H2,1-2H3. The third-order valence-electron chi connectivity index (χ3n) is 2.33. The van der Waals surface area contributed by atoms with Gasteiger partial charge in [0.05, 0.1) is 11.5 Å². The van der Waals surface area contributed by atoms with Crippen molar-refractivity contribution in [2.45, 2.75) is 13.0 Å². The van der Waals surface area contributed by atoms with Gasteiger partial charge in [0, 0.05) is 31.8 Å². The van der Waals surface area contributed by atoms with Crippen LogP contribution in [-0.2, 0) is 4.74 Å². The molecule has 0 bridgehead atoms. The van der Waals surface area contributed by atoms with Crippen molar-refractivity contribution in [2.75, 3.05) is 26.9 Å². The molecule has 0 aliphatic heterocycles. The highest BCUT2D eigenvalue weighted by Crippen LogP contribution is 2.16. The van der Waals surface area contributed by atoms with Crippen molar-refractivity contribution in [1.29, 1.82) is 0 Å². The zero-order chi connectivity index (χ0) is 13.4. The maximum Gasteiger partial charge on any atom is 0.269 e. The molecule has 0 radical (unpaired) electrons. The van der Waals surface area contributed by atoms with Gasteiger partial charge in [0.15, 0.2) is 0 Å². The van der Waals surface area contributed by atoms with E-state index in [1.165, 1.54) is 12.1 Å². The predicted octanol–water partition coefficient (Wildman–Crippen LogP) is 1.60. The number of ether oxygens (including phenoxy) is 2. The van der Waals surface area contributed by atoms with Gasteiger partial charge in [-0.15, -0.1) is 0 Å². The second kappa shape index (κ2) is 7.62. The van der Waals surface area contributed by atoms with Crippen LogP contribution in [0.4, 0.5) is 5.69 Å². The monoisotopic (exact) mass is 254 g/mol. The molecule has 6 heteroatoms. The quantitative estimate of drug-likeness (QED) is 0.433. The van der Waals surface area contributed by atoms with E-state index in [4.69, 9.17) is 9.47 Å². The van der Waals surface area contributed by atoms with Crippen LogP contribution < -0.4 is 10.1 Å². The Morgan fingerprint density at radius 1 is 1.39 bits per heavy atom. The molecular formula is C12H18N2O4. The maximum absolute atomic E-state index is 10.5. The number of non-ortho nitro benzene ring substituents is 1. The van der Waals surface area contributed by atoms with E-state index in [-0.39, 0.29) is 11.7 Å². The minimum atomic E-state index is -0.433. The van der Waals surface area contributed by atoms with Crippen LogP contribution in [0.15, 0.2) is 24.3 Å². The first-order chi connectivity index (χ1) is 8.63. The van der Waals surface area contributed by atoms with E-state index in [2.05, 4.69) is 5.32 Å². The van der Waals surface area contributed by atoms with Crippen molar-refractivity contribution < 1.29 is 14.4 Å². The highest BCUT2D eigenvalue weighted by atomic mass is 16.6. The van der Waals surface area contributed by atoms with E-state index in [1.807, 2.05) is 6.92 Å². The molecule has 1 rings (SSSR count). The maximum atomic E-state index is 10.5. The van der Waals surface area contributed by atoms with Crippen LogP contribution in [0.2, 0.25) is 0 Å². The molecule has 1 aromatic rings. The minimum Gasteiger partial charge on any atom is -0.492 e. The number of hydrogen-bond acceptors (Lipinski definition) is 5. The molecule has 1 aromatic carbocycles. The van der Waals surface area contributed by atoms with Crippen molar-refractivity contribution in [3.8, 4) is 5.75 Å².